The Balaban J connectivity index is 1.47. The molecule has 2 fully saturated rings. The number of piperidine rings is 2. The van der Waals surface area contributed by atoms with Crippen molar-refractivity contribution < 1.29 is 19.2 Å². The predicted molar refractivity (Wildman–Crippen MR) is 98.8 cm³/mol. The Kier molecular flexibility index (Phi) is 6.16. The summed E-state index contributed by atoms with van der Waals surface area (Å²) in [6, 6.07) is -0.218. The molecular formula is C19H30N4O4. The van der Waals surface area contributed by atoms with E-state index in [2.05, 4.69) is 15.4 Å². The van der Waals surface area contributed by atoms with E-state index in [-0.39, 0.29) is 23.8 Å². The second-order valence-electron chi connectivity index (χ2n) is 7.79. The van der Waals surface area contributed by atoms with E-state index in [9.17, 15) is 14.7 Å². The van der Waals surface area contributed by atoms with Crippen LogP contribution < -0.4 is 5.32 Å². The second kappa shape index (κ2) is 8.39. The van der Waals surface area contributed by atoms with Gasteiger partial charge in [-0.3, -0.25) is 14.5 Å². The number of nitrogens with one attached hydrogen (secondary N) is 1. The van der Waals surface area contributed by atoms with Gasteiger partial charge in [-0.05, 0) is 33.1 Å². The lowest BCUT2D eigenvalue weighted by Gasteiger charge is -2.37. The molecule has 1 aromatic heterocycles. The first-order valence-electron chi connectivity index (χ1n) is 9.73. The van der Waals surface area contributed by atoms with Gasteiger partial charge < -0.3 is 19.8 Å². The molecular weight excluding hydrogens is 348 g/mol. The van der Waals surface area contributed by atoms with Gasteiger partial charge in [0.15, 0.2) is 0 Å². The summed E-state index contributed by atoms with van der Waals surface area (Å²) in [6.45, 7) is 8.66. The number of aliphatic hydroxyl groups excluding tert-OH is 1. The highest BCUT2D eigenvalue weighted by Crippen LogP contribution is 2.21. The SMILES string of the molecule is CC(=O)N1CCC(C(=O)N[C@@H]2CCN(Cc3c(C)noc3C)C[C@H]2O)CC1. The lowest BCUT2D eigenvalue weighted by Crippen LogP contribution is -2.55. The van der Waals surface area contributed by atoms with Gasteiger partial charge in [0.2, 0.25) is 11.8 Å². The maximum Gasteiger partial charge on any atom is 0.223 e. The van der Waals surface area contributed by atoms with E-state index in [1.165, 1.54) is 0 Å². The Bertz CT molecular complexity index is 662. The largest absolute Gasteiger partial charge is 0.390 e. The molecule has 8 nitrogen and oxygen atoms in total. The van der Waals surface area contributed by atoms with Gasteiger partial charge in [0.05, 0.1) is 17.8 Å². The van der Waals surface area contributed by atoms with Crippen LogP contribution in [-0.4, -0.2) is 70.2 Å². The summed E-state index contributed by atoms with van der Waals surface area (Å²) in [5.41, 5.74) is 1.95. The highest BCUT2D eigenvalue weighted by molar-refractivity contribution is 5.80. The van der Waals surface area contributed by atoms with E-state index in [4.69, 9.17) is 4.52 Å². The average Bonchev–Trinajstić information content (AvgIpc) is 2.96. The number of nitrogens with zero attached hydrogens (tertiary/aromatic N) is 3. The summed E-state index contributed by atoms with van der Waals surface area (Å²) >= 11 is 0. The van der Waals surface area contributed by atoms with Crippen molar-refractivity contribution >= 4 is 11.8 Å². The number of aromatic nitrogens is 1. The molecule has 0 bridgehead atoms. The van der Waals surface area contributed by atoms with Crippen molar-refractivity contribution in [2.75, 3.05) is 26.2 Å². The maximum atomic E-state index is 12.6. The molecule has 2 aliphatic rings. The Morgan fingerprint density at radius 1 is 1.22 bits per heavy atom. The van der Waals surface area contributed by atoms with Crippen LogP contribution in [0.15, 0.2) is 4.52 Å². The number of hydrogen-bond donors (Lipinski definition) is 2. The van der Waals surface area contributed by atoms with Crippen LogP contribution in [0.4, 0.5) is 0 Å². The molecule has 2 N–H and O–H groups in total. The van der Waals surface area contributed by atoms with Gasteiger partial charge in [-0.25, -0.2) is 0 Å². The zero-order chi connectivity index (χ0) is 19.6. The van der Waals surface area contributed by atoms with Crippen LogP contribution >= 0.6 is 0 Å². The summed E-state index contributed by atoms with van der Waals surface area (Å²) in [7, 11) is 0. The highest BCUT2D eigenvalue weighted by atomic mass is 16.5. The van der Waals surface area contributed by atoms with E-state index in [0.29, 0.717) is 45.4 Å². The van der Waals surface area contributed by atoms with Gasteiger partial charge in [0, 0.05) is 51.1 Å². The summed E-state index contributed by atoms with van der Waals surface area (Å²) in [6.07, 6.45) is 1.49. The fourth-order valence-corrected chi connectivity index (χ4v) is 4.02. The normalized spacial score (nSPS) is 24.8. The summed E-state index contributed by atoms with van der Waals surface area (Å²) in [4.78, 5) is 27.9. The molecule has 8 heteroatoms. The van der Waals surface area contributed by atoms with Gasteiger partial charge in [-0.2, -0.15) is 0 Å². The quantitative estimate of drug-likeness (QED) is 0.796. The second-order valence-corrected chi connectivity index (χ2v) is 7.79. The van der Waals surface area contributed by atoms with Gasteiger partial charge in [-0.1, -0.05) is 5.16 Å². The van der Waals surface area contributed by atoms with Crippen LogP contribution in [0, 0.1) is 19.8 Å². The zero-order valence-electron chi connectivity index (χ0n) is 16.4. The van der Waals surface area contributed by atoms with E-state index >= 15 is 0 Å². The molecule has 2 amide bonds. The molecule has 2 saturated heterocycles. The molecule has 0 radical (unpaired) electrons. The molecule has 27 heavy (non-hydrogen) atoms. The molecule has 0 aromatic carbocycles. The predicted octanol–water partition coefficient (Wildman–Crippen LogP) is 0.601. The topological polar surface area (TPSA) is 98.9 Å². The van der Waals surface area contributed by atoms with Crippen molar-refractivity contribution in [1.29, 1.82) is 0 Å². The standard InChI is InChI=1S/C19H30N4O4/c1-12-16(13(2)27-21-12)10-22-7-6-17(18(25)11-22)20-19(26)15-4-8-23(9-5-15)14(3)24/h15,17-18,25H,4-11H2,1-3H3,(H,20,26)/t17-,18-/m1/s1. The lowest BCUT2D eigenvalue weighted by molar-refractivity contribution is -0.134. The minimum Gasteiger partial charge on any atom is -0.390 e. The molecule has 3 heterocycles. The number of aryl methyl sites for hydroxylation is 2. The van der Waals surface area contributed by atoms with E-state index in [1.54, 1.807) is 11.8 Å². The average molecular weight is 378 g/mol. The van der Waals surface area contributed by atoms with Gasteiger partial charge in [0.25, 0.3) is 0 Å². The number of amides is 2. The fraction of sp³-hybridized carbons (Fsp3) is 0.737. The molecule has 0 saturated carbocycles. The van der Waals surface area contributed by atoms with Crippen LogP contribution in [0.3, 0.4) is 0 Å². The fourth-order valence-electron chi connectivity index (χ4n) is 4.02. The van der Waals surface area contributed by atoms with E-state index < -0.39 is 6.10 Å². The van der Waals surface area contributed by atoms with Gasteiger partial charge in [0.1, 0.15) is 5.76 Å². The van der Waals surface area contributed by atoms with Gasteiger partial charge in [-0.15, -0.1) is 0 Å². The lowest BCUT2D eigenvalue weighted by atomic mass is 9.94. The Morgan fingerprint density at radius 2 is 1.93 bits per heavy atom. The van der Waals surface area contributed by atoms with Crippen molar-refractivity contribution in [1.82, 2.24) is 20.3 Å². The molecule has 2 atom stereocenters. The number of carbonyl (C=O) groups is 2. The molecule has 150 valence electrons. The number of β-amino-alcohol motifs (C(OH)–C–C–N with tert-alkyl or cyclic N) is 1. The van der Waals surface area contributed by atoms with E-state index in [0.717, 1.165) is 23.6 Å². The molecule has 0 aliphatic carbocycles. The van der Waals surface area contributed by atoms with Crippen LogP contribution in [0.1, 0.15) is 43.2 Å². The first kappa shape index (κ1) is 19.8. The summed E-state index contributed by atoms with van der Waals surface area (Å²) in [5, 5.41) is 17.5. The summed E-state index contributed by atoms with van der Waals surface area (Å²) in [5.74, 6) is 0.804. The number of rotatable bonds is 4. The van der Waals surface area contributed by atoms with Crippen LogP contribution in [0.2, 0.25) is 0 Å². The highest BCUT2D eigenvalue weighted by Gasteiger charge is 2.32. The summed E-state index contributed by atoms with van der Waals surface area (Å²) < 4.78 is 5.21. The van der Waals surface area contributed by atoms with Crippen molar-refractivity contribution in [3.05, 3.63) is 17.0 Å². The third kappa shape index (κ3) is 4.68. The van der Waals surface area contributed by atoms with Crippen molar-refractivity contribution in [3.8, 4) is 0 Å². The minimum absolute atomic E-state index is 0.00132. The Hall–Kier alpha value is -1.93. The Labute approximate surface area is 159 Å². The number of aliphatic hydroxyl groups is 1. The minimum atomic E-state index is -0.597. The molecule has 2 aliphatic heterocycles. The molecule has 0 unspecified atom stereocenters. The molecule has 0 spiro atoms. The van der Waals surface area contributed by atoms with Crippen molar-refractivity contribution in [3.63, 3.8) is 0 Å². The van der Waals surface area contributed by atoms with Crippen molar-refractivity contribution in [2.24, 2.45) is 5.92 Å². The van der Waals surface area contributed by atoms with Crippen molar-refractivity contribution in [2.45, 2.75) is 58.7 Å². The van der Waals surface area contributed by atoms with E-state index in [1.807, 2.05) is 13.8 Å². The Morgan fingerprint density at radius 3 is 2.48 bits per heavy atom. The van der Waals surface area contributed by atoms with Crippen LogP contribution in [0.5, 0.6) is 0 Å². The van der Waals surface area contributed by atoms with Crippen LogP contribution in [-0.2, 0) is 16.1 Å². The third-order valence-corrected chi connectivity index (χ3v) is 5.87. The first-order valence-corrected chi connectivity index (χ1v) is 9.73. The number of likely N-dealkylation sites (tertiary alicyclic amines) is 2. The zero-order valence-corrected chi connectivity index (χ0v) is 16.4. The maximum absolute atomic E-state index is 12.6. The monoisotopic (exact) mass is 378 g/mol. The third-order valence-electron chi connectivity index (χ3n) is 5.87. The number of carbonyl (C=O) groups excluding carboxylic acids is 2. The molecule has 1 aromatic rings. The smallest absolute Gasteiger partial charge is 0.223 e. The molecule has 3 rings (SSSR count). The van der Waals surface area contributed by atoms with Crippen LogP contribution in [0.25, 0.3) is 0 Å². The number of hydrogen-bond acceptors (Lipinski definition) is 6. The first-order chi connectivity index (χ1) is 12.8. The van der Waals surface area contributed by atoms with Gasteiger partial charge >= 0.3 is 0 Å².